The molecule has 0 aliphatic carbocycles. The summed E-state index contributed by atoms with van der Waals surface area (Å²) in [6.07, 6.45) is 5.15. The largest absolute Gasteiger partial charge is 0.454 e. The Balaban J connectivity index is 0.00000162. The van der Waals surface area contributed by atoms with E-state index in [1.165, 1.54) is 11.8 Å². The van der Waals surface area contributed by atoms with E-state index in [1.807, 2.05) is 12.1 Å². The van der Waals surface area contributed by atoms with E-state index in [0.717, 1.165) is 23.7 Å². The first-order valence-electron chi connectivity index (χ1n) is 5.57. The molecule has 0 aliphatic rings. The summed E-state index contributed by atoms with van der Waals surface area (Å²) in [7, 11) is 0. The Morgan fingerprint density at radius 1 is 1.33 bits per heavy atom. The summed E-state index contributed by atoms with van der Waals surface area (Å²) in [5, 5.41) is 1.49. The lowest BCUT2D eigenvalue weighted by Gasteiger charge is -2.04. The van der Waals surface area contributed by atoms with Gasteiger partial charge in [0, 0.05) is 24.9 Å². The molecule has 0 fully saturated rings. The standard InChI is InChI=1S/C12H15N3OS.ClH/c1-2-9(13)8-10-4-5-11(16-10)17-12-14-6-3-7-15-12;/h3-7,9H,2,8,13H2,1H3;1H. The summed E-state index contributed by atoms with van der Waals surface area (Å²) in [5.74, 6) is 0.915. The third kappa shape index (κ3) is 4.33. The van der Waals surface area contributed by atoms with Crippen LogP contribution < -0.4 is 5.73 Å². The van der Waals surface area contributed by atoms with Crippen LogP contribution in [0.2, 0.25) is 0 Å². The van der Waals surface area contributed by atoms with Crippen molar-refractivity contribution in [3.8, 4) is 0 Å². The van der Waals surface area contributed by atoms with Gasteiger partial charge in [-0.3, -0.25) is 0 Å². The molecule has 0 aromatic carbocycles. The molecule has 0 saturated heterocycles. The molecule has 18 heavy (non-hydrogen) atoms. The van der Waals surface area contributed by atoms with E-state index in [0.29, 0.717) is 5.16 Å². The van der Waals surface area contributed by atoms with Crippen molar-refractivity contribution in [1.29, 1.82) is 0 Å². The Kier molecular flexibility index (Phi) is 6.18. The Hall–Kier alpha value is -1.04. The van der Waals surface area contributed by atoms with Gasteiger partial charge >= 0.3 is 0 Å². The molecule has 0 amide bonds. The van der Waals surface area contributed by atoms with E-state index in [4.69, 9.17) is 10.2 Å². The van der Waals surface area contributed by atoms with Crippen LogP contribution in [0.25, 0.3) is 0 Å². The van der Waals surface area contributed by atoms with Crippen molar-refractivity contribution < 1.29 is 4.42 Å². The van der Waals surface area contributed by atoms with Gasteiger partial charge in [0.1, 0.15) is 5.76 Å². The van der Waals surface area contributed by atoms with E-state index in [2.05, 4.69) is 16.9 Å². The van der Waals surface area contributed by atoms with Crippen molar-refractivity contribution in [2.24, 2.45) is 5.73 Å². The SMILES string of the molecule is CCC(N)Cc1ccc(Sc2ncccn2)o1.Cl. The van der Waals surface area contributed by atoms with E-state index >= 15 is 0 Å². The lowest BCUT2D eigenvalue weighted by molar-refractivity contribution is 0.415. The lowest BCUT2D eigenvalue weighted by atomic mass is 10.1. The van der Waals surface area contributed by atoms with Crippen molar-refractivity contribution >= 4 is 24.2 Å². The van der Waals surface area contributed by atoms with Crippen LogP contribution in [0.3, 0.4) is 0 Å². The van der Waals surface area contributed by atoms with Gasteiger partial charge in [-0.1, -0.05) is 6.92 Å². The van der Waals surface area contributed by atoms with Crippen LogP contribution in [0, 0.1) is 0 Å². The van der Waals surface area contributed by atoms with Crippen molar-refractivity contribution in [3.05, 3.63) is 36.4 Å². The van der Waals surface area contributed by atoms with Gasteiger partial charge in [0.25, 0.3) is 0 Å². The summed E-state index contributed by atoms with van der Waals surface area (Å²) >= 11 is 1.41. The van der Waals surface area contributed by atoms with Crippen LogP contribution in [0.1, 0.15) is 19.1 Å². The van der Waals surface area contributed by atoms with E-state index in [-0.39, 0.29) is 18.4 Å². The second-order valence-electron chi connectivity index (χ2n) is 3.73. The molecular weight excluding hydrogens is 270 g/mol. The molecule has 0 saturated carbocycles. The van der Waals surface area contributed by atoms with Gasteiger partial charge in [-0.15, -0.1) is 12.4 Å². The summed E-state index contributed by atoms with van der Waals surface area (Å²) in [6.45, 7) is 2.07. The average Bonchev–Trinajstić information content (AvgIpc) is 2.77. The highest BCUT2D eigenvalue weighted by Gasteiger charge is 2.08. The predicted molar refractivity (Wildman–Crippen MR) is 74.1 cm³/mol. The highest BCUT2D eigenvalue weighted by molar-refractivity contribution is 7.99. The molecule has 2 aromatic rings. The minimum atomic E-state index is 0. The van der Waals surface area contributed by atoms with Gasteiger partial charge in [0.2, 0.25) is 0 Å². The number of furan rings is 1. The van der Waals surface area contributed by atoms with Crippen LogP contribution >= 0.6 is 24.2 Å². The lowest BCUT2D eigenvalue weighted by Crippen LogP contribution is -2.20. The van der Waals surface area contributed by atoms with Gasteiger partial charge in [-0.05, 0) is 36.4 Å². The fraction of sp³-hybridized carbons (Fsp3) is 0.333. The van der Waals surface area contributed by atoms with Crippen molar-refractivity contribution in [3.63, 3.8) is 0 Å². The van der Waals surface area contributed by atoms with Crippen molar-refractivity contribution in [1.82, 2.24) is 9.97 Å². The summed E-state index contributed by atoms with van der Waals surface area (Å²) < 4.78 is 5.66. The zero-order valence-electron chi connectivity index (χ0n) is 10.1. The maximum Gasteiger partial charge on any atom is 0.195 e. The van der Waals surface area contributed by atoms with Crippen LogP contribution in [-0.2, 0) is 6.42 Å². The van der Waals surface area contributed by atoms with Crippen LogP contribution in [0.4, 0.5) is 0 Å². The number of aromatic nitrogens is 2. The zero-order chi connectivity index (χ0) is 12.1. The Morgan fingerprint density at radius 2 is 2.06 bits per heavy atom. The van der Waals surface area contributed by atoms with Gasteiger partial charge in [0.05, 0.1) is 0 Å². The highest BCUT2D eigenvalue weighted by Crippen LogP contribution is 2.26. The summed E-state index contributed by atoms with van der Waals surface area (Å²) in [6, 6.07) is 5.84. The molecule has 0 spiro atoms. The second kappa shape index (κ2) is 7.41. The van der Waals surface area contributed by atoms with Gasteiger partial charge in [-0.25, -0.2) is 9.97 Å². The number of hydrogen-bond acceptors (Lipinski definition) is 5. The Bertz CT molecular complexity index is 463. The molecule has 98 valence electrons. The van der Waals surface area contributed by atoms with Crippen LogP contribution in [-0.4, -0.2) is 16.0 Å². The first-order chi connectivity index (χ1) is 8.28. The highest BCUT2D eigenvalue weighted by atomic mass is 35.5. The number of halogens is 1. The number of hydrogen-bond donors (Lipinski definition) is 1. The van der Waals surface area contributed by atoms with Crippen molar-refractivity contribution in [2.45, 2.75) is 36.1 Å². The quantitative estimate of drug-likeness (QED) is 0.856. The van der Waals surface area contributed by atoms with Crippen LogP contribution in [0.15, 0.2) is 45.3 Å². The second-order valence-corrected chi connectivity index (χ2v) is 4.70. The molecule has 2 aromatic heterocycles. The third-order valence-corrected chi connectivity index (χ3v) is 3.17. The first-order valence-corrected chi connectivity index (χ1v) is 6.38. The Morgan fingerprint density at radius 3 is 2.72 bits per heavy atom. The Labute approximate surface area is 117 Å². The first kappa shape index (κ1) is 15.0. The summed E-state index contributed by atoms with van der Waals surface area (Å²) in [4.78, 5) is 8.26. The zero-order valence-corrected chi connectivity index (χ0v) is 11.7. The molecule has 0 aliphatic heterocycles. The number of nitrogens with two attached hydrogens (primary N) is 1. The average molecular weight is 286 g/mol. The van der Waals surface area contributed by atoms with Crippen molar-refractivity contribution in [2.75, 3.05) is 0 Å². The minimum Gasteiger partial charge on any atom is -0.454 e. The van der Waals surface area contributed by atoms with Gasteiger partial charge in [0.15, 0.2) is 10.2 Å². The number of nitrogens with zero attached hydrogens (tertiary/aromatic N) is 2. The molecular formula is C12H16ClN3OS. The van der Waals surface area contributed by atoms with Crippen LogP contribution in [0.5, 0.6) is 0 Å². The van der Waals surface area contributed by atoms with E-state index < -0.39 is 0 Å². The molecule has 1 atom stereocenters. The topological polar surface area (TPSA) is 64.9 Å². The molecule has 2 heterocycles. The maximum atomic E-state index is 5.88. The van der Waals surface area contributed by atoms with E-state index in [1.54, 1.807) is 18.5 Å². The minimum absolute atomic E-state index is 0. The smallest absolute Gasteiger partial charge is 0.195 e. The van der Waals surface area contributed by atoms with E-state index in [9.17, 15) is 0 Å². The molecule has 0 radical (unpaired) electrons. The molecule has 4 nitrogen and oxygen atoms in total. The molecule has 2 rings (SSSR count). The molecule has 2 N–H and O–H groups in total. The fourth-order valence-electron chi connectivity index (χ4n) is 1.35. The maximum absolute atomic E-state index is 5.88. The number of rotatable bonds is 5. The monoisotopic (exact) mass is 285 g/mol. The molecule has 1 unspecified atom stereocenters. The third-order valence-electron chi connectivity index (χ3n) is 2.36. The molecule has 6 heteroatoms. The summed E-state index contributed by atoms with van der Waals surface area (Å²) in [5.41, 5.74) is 5.88. The van der Waals surface area contributed by atoms with Gasteiger partial charge in [-0.2, -0.15) is 0 Å². The predicted octanol–water partition coefficient (Wildman–Crippen LogP) is 2.92. The van der Waals surface area contributed by atoms with Gasteiger partial charge < -0.3 is 10.2 Å². The fourth-order valence-corrected chi connectivity index (χ4v) is 2.05. The normalized spacial score (nSPS) is 11.9. The molecule has 0 bridgehead atoms.